The van der Waals surface area contributed by atoms with Crippen molar-refractivity contribution in [3.8, 4) is 17.2 Å². The molecule has 0 saturated heterocycles. The van der Waals surface area contributed by atoms with E-state index in [2.05, 4.69) is 10.3 Å². The van der Waals surface area contributed by atoms with E-state index in [1.165, 1.54) is 45.5 Å². The number of amides is 1. The highest BCUT2D eigenvalue weighted by Gasteiger charge is 2.30. The van der Waals surface area contributed by atoms with E-state index >= 15 is 0 Å². The number of hydrogen-bond donors (Lipinski definition) is 2. The summed E-state index contributed by atoms with van der Waals surface area (Å²) < 4.78 is 30.0. The maximum atomic E-state index is 13.9. The van der Waals surface area contributed by atoms with Crippen molar-refractivity contribution in [1.82, 2.24) is 10.3 Å². The van der Waals surface area contributed by atoms with Gasteiger partial charge in [0.2, 0.25) is 0 Å². The molecule has 1 heterocycles. The minimum atomic E-state index is -1.05. The van der Waals surface area contributed by atoms with Gasteiger partial charge in [0.05, 0.1) is 14.2 Å². The van der Waals surface area contributed by atoms with Gasteiger partial charge in [0, 0.05) is 29.8 Å². The molecule has 2 aromatic carbocycles. The molecule has 3 atom stereocenters. The summed E-state index contributed by atoms with van der Waals surface area (Å²) in [6.45, 7) is 5.14. The Morgan fingerprint density at radius 2 is 1.67 bits per heavy atom. The van der Waals surface area contributed by atoms with Crippen LogP contribution in [0.25, 0.3) is 0 Å². The molecule has 190 valence electrons. The van der Waals surface area contributed by atoms with E-state index < -0.39 is 41.5 Å². The first-order valence-electron chi connectivity index (χ1n) is 11.3. The molecule has 1 aromatic heterocycles. The van der Waals surface area contributed by atoms with Gasteiger partial charge in [0.1, 0.15) is 23.7 Å². The number of carbonyl (C=O) groups is 2. The molecular formula is C27H29FN2O6. The molecule has 0 aliphatic heterocycles. The van der Waals surface area contributed by atoms with Crippen LogP contribution in [0.4, 0.5) is 4.39 Å². The number of aryl methyl sites for hydroxylation is 1. The molecule has 0 spiro atoms. The lowest BCUT2D eigenvalue weighted by Crippen LogP contribution is -2.41. The largest absolute Gasteiger partial charge is 0.503 e. The van der Waals surface area contributed by atoms with Crippen LogP contribution in [0.3, 0.4) is 0 Å². The SMILES string of the molecule is COc1cc(F)ccc1[C@@H](c1ccc(C)cc1)[C@H](C)OC(=O)[C@H](C)NC(=O)c1nccc(OC)c1O. The predicted molar refractivity (Wildman–Crippen MR) is 131 cm³/mol. The summed E-state index contributed by atoms with van der Waals surface area (Å²) in [6.07, 6.45) is 0.600. The Hall–Kier alpha value is -4.14. The van der Waals surface area contributed by atoms with E-state index in [0.717, 1.165) is 11.1 Å². The van der Waals surface area contributed by atoms with Gasteiger partial charge in [-0.2, -0.15) is 0 Å². The molecular weight excluding hydrogens is 467 g/mol. The van der Waals surface area contributed by atoms with Crippen LogP contribution in [0.2, 0.25) is 0 Å². The van der Waals surface area contributed by atoms with Crippen LogP contribution in [-0.2, 0) is 9.53 Å². The molecule has 0 aliphatic rings. The average Bonchev–Trinajstić information content (AvgIpc) is 2.86. The number of halogens is 1. The van der Waals surface area contributed by atoms with Crippen molar-refractivity contribution >= 4 is 11.9 Å². The second-order valence-corrected chi connectivity index (χ2v) is 8.32. The number of esters is 1. The van der Waals surface area contributed by atoms with Gasteiger partial charge in [-0.25, -0.2) is 14.2 Å². The minimum absolute atomic E-state index is 0.0770. The molecule has 2 N–H and O–H groups in total. The van der Waals surface area contributed by atoms with Crippen LogP contribution in [0.1, 0.15) is 46.9 Å². The number of carbonyl (C=O) groups excluding carboxylic acids is 2. The molecule has 0 fully saturated rings. The summed E-state index contributed by atoms with van der Waals surface area (Å²) in [7, 11) is 2.79. The highest BCUT2D eigenvalue weighted by molar-refractivity contribution is 5.97. The lowest BCUT2D eigenvalue weighted by atomic mass is 9.86. The van der Waals surface area contributed by atoms with Crippen LogP contribution in [0.15, 0.2) is 54.7 Å². The molecule has 8 nitrogen and oxygen atoms in total. The zero-order valence-corrected chi connectivity index (χ0v) is 20.7. The van der Waals surface area contributed by atoms with E-state index in [0.29, 0.717) is 11.3 Å². The van der Waals surface area contributed by atoms with E-state index in [-0.39, 0.29) is 11.4 Å². The standard InChI is InChI=1S/C27H29FN2O6/c1-15-6-8-18(9-7-15)23(20-11-10-19(28)14-22(20)35-5)17(3)36-27(33)16(2)30-26(32)24-25(31)21(34-4)12-13-29-24/h6-14,16-17,23,31H,1-5H3,(H,30,32)/t16-,17-,23+/m0/s1. The maximum Gasteiger partial charge on any atom is 0.328 e. The number of pyridine rings is 1. The van der Waals surface area contributed by atoms with Crippen molar-refractivity contribution in [3.05, 3.63) is 82.9 Å². The van der Waals surface area contributed by atoms with Crippen LogP contribution in [-0.4, -0.2) is 48.3 Å². The van der Waals surface area contributed by atoms with E-state index in [9.17, 15) is 19.1 Å². The zero-order chi connectivity index (χ0) is 26.4. The third-order valence-corrected chi connectivity index (χ3v) is 5.76. The van der Waals surface area contributed by atoms with Gasteiger partial charge in [0.15, 0.2) is 17.2 Å². The lowest BCUT2D eigenvalue weighted by molar-refractivity contribution is -0.150. The first kappa shape index (κ1) is 26.5. The van der Waals surface area contributed by atoms with Crippen molar-refractivity contribution in [3.63, 3.8) is 0 Å². The highest BCUT2D eigenvalue weighted by Crippen LogP contribution is 2.36. The first-order chi connectivity index (χ1) is 17.2. The first-order valence-corrected chi connectivity index (χ1v) is 11.3. The number of methoxy groups -OCH3 is 2. The monoisotopic (exact) mass is 496 g/mol. The van der Waals surface area contributed by atoms with Crippen LogP contribution in [0, 0.1) is 12.7 Å². The molecule has 0 saturated carbocycles. The number of aromatic hydroxyl groups is 1. The maximum absolute atomic E-state index is 13.9. The van der Waals surface area contributed by atoms with Crippen molar-refractivity contribution in [1.29, 1.82) is 0 Å². The minimum Gasteiger partial charge on any atom is -0.503 e. The molecule has 0 bridgehead atoms. The van der Waals surface area contributed by atoms with Crippen molar-refractivity contribution in [2.75, 3.05) is 14.2 Å². The van der Waals surface area contributed by atoms with E-state index in [4.69, 9.17) is 14.2 Å². The summed E-state index contributed by atoms with van der Waals surface area (Å²) in [5.41, 5.74) is 2.26. The van der Waals surface area contributed by atoms with Crippen LogP contribution < -0.4 is 14.8 Å². The molecule has 36 heavy (non-hydrogen) atoms. The quantitative estimate of drug-likeness (QED) is 0.429. The molecule has 0 radical (unpaired) electrons. The molecule has 3 rings (SSSR count). The Balaban J connectivity index is 1.82. The summed E-state index contributed by atoms with van der Waals surface area (Å²) >= 11 is 0. The predicted octanol–water partition coefficient (Wildman–Crippen LogP) is 4.13. The number of hydrogen-bond acceptors (Lipinski definition) is 7. The Kier molecular flexibility index (Phi) is 8.47. The van der Waals surface area contributed by atoms with Gasteiger partial charge in [-0.1, -0.05) is 35.9 Å². The third-order valence-electron chi connectivity index (χ3n) is 5.76. The van der Waals surface area contributed by atoms with Crippen LogP contribution in [0.5, 0.6) is 17.2 Å². The number of ether oxygens (including phenoxy) is 3. The summed E-state index contributed by atoms with van der Waals surface area (Å²) in [4.78, 5) is 29.4. The van der Waals surface area contributed by atoms with Gasteiger partial charge in [-0.15, -0.1) is 0 Å². The fraction of sp³-hybridized carbons (Fsp3) is 0.296. The molecule has 1 amide bonds. The molecule has 0 unspecified atom stereocenters. The number of aromatic nitrogens is 1. The smallest absolute Gasteiger partial charge is 0.328 e. The second-order valence-electron chi connectivity index (χ2n) is 8.32. The Bertz CT molecular complexity index is 1230. The van der Waals surface area contributed by atoms with Crippen LogP contribution >= 0.6 is 0 Å². The van der Waals surface area contributed by atoms with Gasteiger partial charge in [0.25, 0.3) is 5.91 Å². The van der Waals surface area contributed by atoms with Crippen molar-refractivity contribution in [2.45, 2.75) is 38.8 Å². The Morgan fingerprint density at radius 1 is 1.00 bits per heavy atom. The lowest BCUT2D eigenvalue weighted by Gasteiger charge is -2.27. The number of nitrogens with zero attached hydrogens (tertiary/aromatic N) is 1. The summed E-state index contributed by atoms with van der Waals surface area (Å²) in [6, 6.07) is 12.2. The normalized spacial score (nSPS) is 13.3. The Morgan fingerprint density at radius 3 is 2.31 bits per heavy atom. The fourth-order valence-corrected chi connectivity index (χ4v) is 3.86. The van der Waals surface area contributed by atoms with Gasteiger partial charge in [-0.05, 0) is 32.4 Å². The summed E-state index contributed by atoms with van der Waals surface area (Å²) in [5, 5.41) is 12.6. The van der Waals surface area contributed by atoms with E-state index in [1.807, 2.05) is 31.2 Å². The van der Waals surface area contributed by atoms with Crippen molar-refractivity contribution < 1.29 is 33.3 Å². The van der Waals surface area contributed by atoms with Gasteiger partial charge in [-0.3, -0.25) is 4.79 Å². The van der Waals surface area contributed by atoms with Crippen molar-refractivity contribution in [2.24, 2.45) is 0 Å². The number of nitrogens with one attached hydrogen (secondary N) is 1. The summed E-state index contributed by atoms with van der Waals surface area (Å²) in [5.74, 6) is -2.42. The topological polar surface area (TPSA) is 107 Å². The highest BCUT2D eigenvalue weighted by atomic mass is 19.1. The number of benzene rings is 2. The zero-order valence-electron chi connectivity index (χ0n) is 20.7. The molecule has 9 heteroatoms. The number of rotatable bonds is 9. The fourth-order valence-electron chi connectivity index (χ4n) is 3.86. The third kappa shape index (κ3) is 5.91. The van der Waals surface area contributed by atoms with Gasteiger partial charge < -0.3 is 24.6 Å². The van der Waals surface area contributed by atoms with E-state index in [1.54, 1.807) is 13.0 Å². The second kappa shape index (κ2) is 11.5. The molecule has 0 aliphatic carbocycles. The average molecular weight is 497 g/mol. The van der Waals surface area contributed by atoms with Gasteiger partial charge >= 0.3 is 5.97 Å². The Labute approximate surface area is 209 Å². The molecule has 3 aromatic rings.